The molecule has 0 aromatic heterocycles. The van der Waals surface area contributed by atoms with Crippen molar-refractivity contribution < 1.29 is 24.2 Å². The van der Waals surface area contributed by atoms with Crippen LogP contribution in [0.4, 0.5) is 0 Å². The largest absolute Gasteiger partial charge is 0.469 e. The quantitative estimate of drug-likeness (QED) is 0.742. The maximum absolute atomic E-state index is 12.6. The van der Waals surface area contributed by atoms with Crippen LogP contribution in [0, 0.1) is 5.92 Å². The molecule has 0 unspecified atom stereocenters. The van der Waals surface area contributed by atoms with Crippen LogP contribution in [0.25, 0.3) is 0 Å². The molecule has 0 aromatic carbocycles. The fraction of sp³-hybridized carbons (Fsp3) is 0.778. The summed E-state index contributed by atoms with van der Waals surface area (Å²) in [6.45, 7) is 4.97. The van der Waals surface area contributed by atoms with Crippen LogP contribution < -0.4 is 0 Å². The molecule has 2 aliphatic rings. The van der Waals surface area contributed by atoms with Crippen molar-refractivity contribution in [1.82, 2.24) is 4.90 Å². The maximum Gasteiger partial charge on any atom is 0.312 e. The zero-order chi connectivity index (χ0) is 17.9. The Balaban J connectivity index is 2.29. The van der Waals surface area contributed by atoms with Crippen molar-refractivity contribution in [3.05, 3.63) is 11.8 Å². The summed E-state index contributed by atoms with van der Waals surface area (Å²) in [6, 6.07) is 0.106. The second kappa shape index (κ2) is 7.66. The number of likely N-dealkylation sites (tertiary alicyclic amines) is 1. The lowest BCUT2D eigenvalue weighted by atomic mass is 9.84. The van der Waals surface area contributed by atoms with E-state index < -0.39 is 18.0 Å². The van der Waals surface area contributed by atoms with Crippen molar-refractivity contribution in [2.24, 2.45) is 5.92 Å². The van der Waals surface area contributed by atoms with E-state index in [9.17, 15) is 14.7 Å². The minimum Gasteiger partial charge on any atom is -0.469 e. The predicted molar refractivity (Wildman–Crippen MR) is 89.3 cm³/mol. The molecule has 0 radical (unpaired) electrons. The van der Waals surface area contributed by atoms with E-state index in [0.717, 1.165) is 32.2 Å². The number of methoxy groups -OCH3 is 2. The number of esters is 1. The Morgan fingerprint density at radius 3 is 2.58 bits per heavy atom. The van der Waals surface area contributed by atoms with Crippen LogP contribution in [0.3, 0.4) is 0 Å². The Labute approximate surface area is 143 Å². The van der Waals surface area contributed by atoms with Crippen LogP contribution in [0.2, 0.25) is 0 Å². The van der Waals surface area contributed by atoms with Crippen molar-refractivity contribution in [1.29, 1.82) is 0 Å². The number of allylic oxidation sites excluding steroid dienone is 1. The number of hydrogen-bond donors (Lipinski definition) is 1. The lowest BCUT2D eigenvalue weighted by molar-refractivity contribution is -0.151. The first-order valence-corrected chi connectivity index (χ1v) is 8.76. The van der Waals surface area contributed by atoms with Crippen LogP contribution in [0.15, 0.2) is 11.8 Å². The molecule has 136 valence electrons. The highest BCUT2D eigenvalue weighted by Crippen LogP contribution is 2.38. The number of ketones is 1. The van der Waals surface area contributed by atoms with Gasteiger partial charge in [-0.1, -0.05) is 13.8 Å². The summed E-state index contributed by atoms with van der Waals surface area (Å²) in [5, 5.41) is 10.3. The highest BCUT2D eigenvalue weighted by Gasteiger charge is 2.45. The average molecular weight is 339 g/mol. The number of hydrogen-bond acceptors (Lipinski definition) is 6. The van der Waals surface area contributed by atoms with Gasteiger partial charge in [-0.25, -0.2) is 0 Å². The topological polar surface area (TPSA) is 76.1 Å². The normalized spacial score (nSPS) is 28.0. The van der Waals surface area contributed by atoms with Gasteiger partial charge in [0.05, 0.1) is 36.5 Å². The summed E-state index contributed by atoms with van der Waals surface area (Å²) < 4.78 is 10.5. The molecule has 2 rings (SSSR count). The lowest BCUT2D eigenvalue weighted by Crippen LogP contribution is -2.52. The average Bonchev–Trinajstić information content (AvgIpc) is 3.08. The number of nitrogens with zero attached hydrogens (tertiary/aromatic N) is 1. The van der Waals surface area contributed by atoms with Crippen molar-refractivity contribution in [2.75, 3.05) is 20.8 Å². The van der Waals surface area contributed by atoms with E-state index in [1.165, 1.54) is 13.2 Å². The summed E-state index contributed by atoms with van der Waals surface area (Å²) in [7, 11) is 2.99. The van der Waals surface area contributed by atoms with Crippen LogP contribution in [0.1, 0.15) is 46.0 Å². The third-order valence-corrected chi connectivity index (χ3v) is 5.71. The van der Waals surface area contributed by atoms with E-state index in [0.29, 0.717) is 5.70 Å². The van der Waals surface area contributed by atoms with E-state index >= 15 is 0 Å². The van der Waals surface area contributed by atoms with Gasteiger partial charge < -0.3 is 19.5 Å². The van der Waals surface area contributed by atoms with Crippen LogP contribution in [0.5, 0.6) is 0 Å². The van der Waals surface area contributed by atoms with Gasteiger partial charge in [0.15, 0.2) is 5.78 Å². The molecule has 1 aliphatic heterocycles. The number of ether oxygens (including phenoxy) is 2. The lowest BCUT2D eigenvalue weighted by Gasteiger charge is -2.43. The Bertz CT molecular complexity index is 503. The minimum atomic E-state index is -0.994. The smallest absolute Gasteiger partial charge is 0.312 e. The highest BCUT2D eigenvalue weighted by molar-refractivity contribution is 5.98. The van der Waals surface area contributed by atoms with Gasteiger partial charge in [-0.05, 0) is 31.8 Å². The number of Topliss-reactive ketones (excluding diaryl/α,β-unsaturated/α-hetero) is 1. The van der Waals surface area contributed by atoms with Gasteiger partial charge in [-0.3, -0.25) is 9.59 Å². The third-order valence-electron chi connectivity index (χ3n) is 5.71. The molecule has 1 aliphatic carbocycles. The van der Waals surface area contributed by atoms with Crippen LogP contribution in [-0.2, 0) is 19.1 Å². The van der Waals surface area contributed by atoms with Crippen LogP contribution >= 0.6 is 0 Å². The molecule has 0 saturated carbocycles. The molecule has 0 amide bonds. The maximum atomic E-state index is 12.6. The van der Waals surface area contributed by atoms with Crippen molar-refractivity contribution in [3.8, 4) is 0 Å². The predicted octanol–water partition coefficient (Wildman–Crippen LogP) is 1.66. The second-order valence-electron chi connectivity index (χ2n) is 6.63. The van der Waals surface area contributed by atoms with Gasteiger partial charge >= 0.3 is 5.97 Å². The van der Waals surface area contributed by atoms with Gasteiger partial charge in [0.2, 0.25) is 0 Å². The van der Waals surface area contributed by atoms with Gasteiger partial charge in [-0.2, -0.15) is 0 Å². The molecule has 1 N–H and O–H groups in total. The van der Waals surface area contributed by atoms with Gasteiger partial charge in [-0.15, -0.1) is 0 Å². The summed E-state index contributed by atoms with van der Waals surface area (Å²) in [6.07, 6.45) is 4.17. The number of carbonyl (C=O) groups excluding carboxylic acids is 2. The summed E-state index contributed by atoms with van der Waals surface area (Å²) in [5.74, 6) is -1.46. The molecular formula is C18H29NO5. The molecule has 6 heteroatoms. The Morgan fingerprint density at radius 1 is 1.38 bits per heavy atom. The fourth-order valence-corrected chi connectivity index (χ4v) is 4.17. The molecule has 0 spiro atoms. The number of aliphatic hydroxyl groups excluding tert-OH is 1. The Hall–Kier alpha value is -1.40. The van der Waals surface area contributed by atoms with E-state index in [2.05, 4.69) is 23.5 Å². The molecule has 1 fully saturated rings. The molecule has 24 heavy (non-hydrogen) atoms. The van der Waals surface area contributed by atoms with E-state index in [4.69, 9.17) is 4.74 Å². The highest BCUT2D eigenvalue weighted by atomic mass is 16.5. The monoisotopic (exact) mass is 339 g/mol. The molecular weight excluding hydrogens is 310 g/mol. The summed E-state index contributed by atoms with van der Waals surface area (Å²) in [5.41, 5.74) is 0.218. The number of aliphatic hydroxyl groups is 1. The molecule has 3 atom stereocenters. The zero-order valence-electron chi connectivity index (χ0n) is 15.1. The molecule has 0 bridgehead atoms. The molecule has 0 aromatic rings. The van der Waals surface area contributed by atoms with Crippen molar-refractivity contribution >= 4 is 11.8 Å². The van der Waals surface area contributed by atoms with Crippen molar-refractivity contribution in [2.45, 2.75) is 63.7 Å². The standard InChI is InChI=1S/C18H29NO5/c1-5-18(6-2,24-4)16-8-7-9-19(16)13-11-14(20)12(10-15(13)21)17(22)23-3/h11-12,14,16,20H,5-10H2,1-4H3/t12-,14-,16+/m1/s1. The first kappa shape index (κ1) is 18.9. The molecule has 1 heterocycles. The minimum absolute atomic E-state index is 0.0128. The van der Waals surface area contributed by atoms with E-state index in [1.807, 2.05) is 0 Å². The molecule has 1 saturated heterocycles. The summed E-state index contributed by atoms with van der Waals surface area (Å²) >= 11 is 0. The number of rotatable bonds is 6. The van der Waals surface area contributed by atoms with Crippen molar-refractivity contribution in [3.63, 3.8) is 0 Å². The van der Waals surface area contributed by atoms with Crippen LogP contribution in [-0.4, -0.2) is 60.3 Å². The first-order chi connectivity index (χ1) is 11.4. The molecule has 6 nitrogen and oxygen atoms in total. The van der Waals surface area contributed by atoms with Gasteiger partial charge in [0, 0.05) is 20.1 Å². The summed E-state index contributed by atoms with van der Waals surface area (Å²) in [4.78, 5) is 26.4. The first-order valence-electron chi connectivity index (χ1n) is 8.76. The number of carbonyl (C=O) groups is 2. The SMILES string of the molecule is CCC(CC)(OC)[C@@H]1CCCN1C1=C[C@@H](O)[C@H](C(=O)OC)CC1=O. The van der Waals surface area contributed by atoms with Gasteiger partial charge in [0.1, 0.15) is 0 Å². The Kier molecular flexibility index (Phi) is 6.04. The second-order valence-corrected chi connectivity index (χ2v) is 6.63. The third kappa shape index (κ3) is 3.22. The van der Waals surface area contributed by atoms with Gasteiger partial charge in [0.25, 0.3) is 0 Å². The van der Waals surface area contributed by atoms with E-state index in [1.54, 1.807) is 7.11 Å². The Morgan fingerprint density at radius 2 is 2.04 bits per heavy atom. The zero-order valence-corrected chi connectivity index (χ0v) is 15.1. The van der Waals surface area contributed by atoms with E-state index in [-0.39, 0.29) is 23.8 Å². The fourth-order valence-electron chi connectivity index (χ4n) is 4.17.